The maximum atomic E-state index is 11.1. The van der Waals surface area contributed by atoms with Crippen LogP contribution in [0, 0.1) is 10.1 Å². The van der Waals surface area contributed by atoms with E-state index in [2.05, 4.69) is 15.1 Å². The predicted molar refractivity (Wildman–Crippen MR) is 99.0 cm³/mol. The monoisotopic (exact) mass is 388 g/mol. The summed E-state index contributed by atoms with van der Waals surface area (Å²) in [6.45, 7) is 2.63. The Morgan fingerprint density at radius 3 is 2.86 bits per heavy atom. The fraction of sp³-hybridized carbons (Fsp3) is 0.579. The molecule has 0 aliphatic carbocycles. The van der Waals surface area contributed by atoms with E-state index in [0.717, 1.165) is 45.3 Å². The van der Waals surface area contributed by atoms with Gasteiger partial charge in [0.25, 0.3) is 0 Å². The number of nitrogens with zero attached hydrogens (tertiary/aromatic N) is 4. The minimum Gasteiger partial charge on any atom is -0.485 e. The second-order valence-corrected chi connectivity index (χ2v) is 7.10. The summed E-state index contributed by atoms with van der Waals surface area (Å²) in [6, 6.07) is 6.48. The van der Waals surface area contributed by atoms with Gasteiger partial charge in [0, 0.05) is 19.2 Å². The lowest BCUT2D eigenvalue weighted by molar-refractivity contribution is -0.385. The van der Waals surface area contributed by atoms with Crippen LogP contribution in [0.25, 0.3) is 0 Å². The quantitative estimate of drug-likeness (QED) is 0.525. The molecule has 0 radical (unpaired) electrons. The standard InChI is InChI=1S/C19H24N4O5/c24-23(25)14-6-1-2-8-16(14)27-13-11-22-10-4-3-7-15(22)18-20-21-19(28-18)17-9-5-12-26-17/h1-2,6,8,15,17H,3-5,7,9-13H2/t15-,17-/m1/s1. The molecule has 2 aromatic rings. The van der Waals surface area contributed by atoms with Crippen molar-refractivity contribution in [1.82, 2.24) is 15.1 Å². The largest absolute Gasteiger partial charge is 0.485 e. The molecule has 28 heavy (non-hydrogen) atoms. The molecule has 2 fully saturated rings. The van der Waals surface area contributed by atoms with Crippen LogP contribution in [0.1, 0.15) is 56.0 Å². The lowest BCUT2D eigenvalue weighted by Crippen LogP contribution is -2.36. The smallest absolute Gasteiger partial charge is 0.310 e. The molecule has 2 aliphatic heterocycles. The van der Waals surface area contributed by atoms with E-state index < -0.39 is 4.92 Å². The highest BCUT2D eigenvalue weighted by Crippen LogP contribution is 2.33. The van der Waals surface area contributed by atoms with Crippen LogP contribution in [0.3, 0.4) is 0 Å². The molecule has 1 aromatic heterocycles. The number of rotatable bonds is 7. The number of ether oxygens (including phenoxy) is 2. The average Bonchev–Trinajstić information content (AvgIpc) is 3.40. The van der Waals surface area contributed by atoms with Gasteiger partial charge in [0.2, 0.25) is 11.8 Å². The van der Waals surface area contributed by atoms with Crippen molar-refractivity contribution in [3.8, 4) is 5.75 Å². The number of para-hydroxylation sites is 2. The van der Waals surface area contributed by atoms with Crippen molar-refractivity contribution < 1.29 is 18.8 Å². The first kappa shape index (κ1) is 18.8. The van der Waals surface area contributed by atoms with Gasteiger partial charge in [0.15, 0.2) is 5.75 Å². The lowest BCUT2D eigenvalue weighted by Gasteiger charge is -2.33. The van der Waals surface area contributed by atoms with Crippen LogP contribution in [0.4, 0.5) is 5.69 Å². The maximum Gasteiger partial charge on any atom is 0.310 e. The molecule has 4 rings (SSSR count). The SMILES string of the molecule is O=[N+]([O-])c1ccccc1OCCN1CCCC[C@@H]1c1nnc([C@H]2CCCO2)o1. The molecule has 2 saturated heterocycles. The van der Waals surface area contributed by atoms with E-state index in [1.54, 1.807) is 18.2 Å². The zero-order valence-corrected chi connectivity index (χ0v) is 15.7. The fourth-order valence-corrected chi connectivity index (χ4v) is 3.82. The zero-order valence-electron chi connectivity index (χ0n) is 15.7. The molecule has 3 heterocycles. The van der Waals surface area contributed by atoms with Crippen LogP contribution in [-0.2, 0) is 4.74 Å². The summed E-state index contributed by atoms with van der Waals surface area (Å²) >= 11 is 0. The van der Waals surface area contributed by atoms with Crippen LogP contribution >= 0.6 is 0 Å². The Bertz CT molecular complexity index is 805. The Labute approximate surface area is 162 Å². The Hall–Kier alpha value is -2.52. The molecular formula is C19H24N4O5. The number of nitro groups is 1. The topological polar surface area (TPSA) is 104 Å². The van der Waals surface area contributed by atoms with Crippen molar-refractivity contribution in [2.75, 3.05) is 26.3 Å². The van der Waals surface area contributed by atoms with Crippen molar-refractivity contribution in [3.05, 3.63) is 46.2 Å². The predicted octanol–water partition coefficient (Wildman–Crippen LogP) is 3.44. The number of piperidine rings is 1. The van der Waals surface area contributed by atoms with Crippen LogP contribution < -0.4 is 4.74 Å². The number of likely N-dealkylation sites (tertiary alicyclic amines) is 1. The van der Waals surface area contributed by atoms with E-state index in [9.17, 15) is 10.1 Å². The summed E-state index contributed by atoms with van der Waals surface area (Å²) in [4.78, 5) is 12.9. The number of hydrogen-bond donors (Lipinski definition) is 0. The molecule has 0 saturated carbocycles. The van der Waals surface area contributed by atoms with Gasteiger partial charge in [0.05, 0.1) is 11.0 Å². The van der Waals surface area contributed by atoms with Gasteiger partial charge in [-0.3, -0.25) is 15.0 Å². The summed E-state index contributed by atoms with van der Waals surface area (Å²) in [5.74, 6) is 1.48. The van der Waals surface area contributed by atoms with Gasteiger partial charge in [-0.15, -0.1) is 10.2 Å². The lowest BCUT2D eigenvalue weighted by atomic mass is 10.0. The first-order chi connectivity index (χ1) is 13.7. The van der Waals surface area contributed by atoms with Gasteiger partial charge in [0.1, 0.15) is 12.7 Å². The second kappa shape index (κ2) is 8.66. The fourth-order valence-electron chi connectivity index (χ4n) is 3.82. The summed E-state index contributed by atoms with van der Waals surface area (Å²) in [5, 5.41) is 19.6. The first-order valence-electron chi connectivity index (χ1n) is 9.77. The van der Waals surface area contributed by atoms with Crippen LogP contribution in [0.5, 0.6) is 5.75 Å². The van der Waals surface area contributed by atoms with Crippen LogP contribution in [-0.4, -0.2) is 46.3 Å². The summed E-state index contributed by atoms with van der Waals surface area (Å²) in [7, 11) is 0. The Morgan fingerprint density at radius 1 is 1.18 bits per heavy atom. The van der Waals surface area contributed by atoms with Gasteiger partial charge in [-0.25, -0.2) is 0 Å². The van der Waals surface area contributed by atoms with Crippen molar-refractivity contribution >= 4 is 5.69 Å². The van der Waals surface area contributed by atoms with E-state index in [4.69, 9.17) is 13.9 Å². The van der Waals surface area contributed by atoms with Crippen LogP contribution in [0.15, 0.2) is 28.7 Å². The van der Waals surface area contributed by atoms with Gasteiger partial charge in [-0.2, -0.15) is 0 Å². The number of aromatic nitrogens is 2. The van der Waals surface area contributed by atoms with Crippen molar-refractivity contribution in [3.63, 3.8) is 0 Å². The van der Waals surface area contributed by atoms with E-state index >= 15 is 0 Å². The van der Waals surface area contributed by atoms with Crippen molar-refractivity contribution in [1.29, 1.82) is 0 Å². The van der Waals surface area contributed by atoms with Crippen LogP contribution in [0.2, 0.25) is 0 Å². The molecule has 9 heteroatoms. The number of benzene rings is 1. The third kappa shape index (κ3) is 4.15. The van der Waals surface area contributed by atoms with E-state index in [1.165, 1.54) is 6.07 Å². The third-order valence-electron chi connectivity index (χ3n) is 5.26. The number of nitro benzene ring substituents is 1. The molecular weight excluding hydrogens is 364 g/mol. The molecule has 150 valence electrons. The molecule has 2 aliphatic rings. The Kier molecular flexibility index (Phi) is 5.82. The second-order valence-electron chi connectivity index (χ2n) is 7.10. The molecule has 0 N–H and O–H groups in total. The molecule has 0 unspecified atom stereocenters. The van der Waals surface area contributed by atoms with Crippen molar-refractivity contribution in [2.45, 2.75) is 44.2 Å². The maximum absolute atomic E-state index is 11.1. The van der Waals surface area contributed by atoms with Gasteiger partial charge in [-0.1, -0.05) is 18.6 Å². The van der Waals surface area contributed by atoms with E-state index in [-0.39, 0.29) is 17.8 Å². The van der Waals surface area contributed by atoms with E-state index in [0.29, 0.717) is 30.7 Å². The van der Waals surface area contributed by atoms with Gasteiger partial charge < -0.3 is 13.9 Å². The average molecular weight is 388 g/mol. The highest BCUT2D eigenvalue weighted by molar-refractivity contribution is 5.45. The highest BCUT2D eigenvalue weighted by atomic mass is 16.6. The van der Waals surface area contributed by atoms with E-state index in [1.807, 2.05) is 0 Å². The summed E-state index contributed by atoms with van der Waals surface area (Å²) in [5.41, 5.74) is -0.0178. The molecule has 0 bridgehead atoms. The Balaban J connectivity index is 1.38. The third-order valence-corrected chi connectivity index (χ3v) is 5.26. The first-order valence-corrected chi connectivity index (χ1v) is 9.77. The normalized spacial score (nSPS) is 23.0. The van der Waals surface area contributed by atoms with Gasteiger partial charge >= 0.3 is 5.69 Å². The molecule has 1 aromatic carbocycles. The highest BCUT2D eigenvalue weighted by Gasteiger charge is 2.31. The van der Waals surface area contributed by atoms with Gasteiger partial charge in [-0.05, 0) is 38.3 Å². The molecule has 2 atom stereocenters. The molecule has 0 spiro atoms. The molecule has 9 nitrogen and oxygen atoms in total. The Morgan fingerprint density at radius 2 is 2.04 bits per heavy atom. The number of hydrogen-bond acceptors (Lipinski definition) is 8. The zero-order chi connectivity index (χ0) is 19.3. The summed E-state index contributed by atoms with van der Waals surface area (Å²) in [6.07, 6.45) is 4.98. The van der Waals surface area contributed by atoms with Crippen molar-refractivity contribution in [2.24, 2.45) is 0 Å². The molecule has 0 amide bonds. The summed E-state index contributed by atoms with van der Waals surface area (Å²) < 4.78 is 17.3. The minimum atomic E-state index is -0.426. The minimum absolute atomic E-state index is 0.0178.